The van der Waals surface area contributed by atoms with Crippen LogP contribution >= 0.6 is 0 Å². The molecule has 3 aromatic rings. The predicted molar refractivity (Wildman–Crippen MR) is 155 cm³/mol. The van der Waals surface area contributed by atoms with Crippen LogP contribution in [-0.4, -0.2) is 45.1 Å². The fourth-order valence-electron chi connectivity index (χ4n) is 5.78. The third-order valence-corrected chi connectivity index (χ3v) is 8.32. The first kappa shape index (κ1) is 26.3. The Bertz CT molecular complexity index is 1580. The van der Waals surface area contributed by atoms with Gasteiger partial charge in [-0.3, -0.25) is 18.7 Å². The van der Waals surface area contributed by atoms with E-state index < -0.39 is 0 Å². The Balaban J connectivity index is 1.16. The lowest BCUT2D eigenvalue weighted by Gasteiger charge is -2.33. The Labute approximate surface area is 233 Å². The standard InChI is InChI=1S/C31H37N5O4/c1-19(2)36-27-13-12-24(16-26(27)29(38)35(31(36)40)17-20-8-9-20)33-30(39)34-14-4-7-25(18-34)32-28(37)23-6-3-5-22(15-23)21-10-11-21/h3,5-6,12-13,15-16,19-21,25H,4,7-11,14,17-18H2,1-2H3,(H,32,37)(H,33,39). The van der Waals surface area contributed by atoms with Gasteiger partial charge in [0.25, 0.3) is 11.5 Å². The van der Waals surface area contributed by atoms with Crippen LogP contribution in [0.3, 0.4) is 0 Å². The van der Waals surface area contributed by atoms with Crippen molar-refractivity contribution in [2.75, 3.05) is 18.4 Å². The van der Waals surface area contributed by atoms with Crippen molar-refractivity contribution in [1.29, 1.82) is 0 Å². The second-order valence-corrected chi connectivity index (χ2v) is 11.9. The van der Waals surface area contributed by atoms with E-state index in [4.69, 9.17) is 0 Å². The SMILES string of the molecule is CC(C)n1c(=O)n(CC2CC2)c(=O)c2cc(NC(=O)N3CCCC(NC(=O)c4cccc(C5CC5)c4)C3)ccc21. The Morgan fingerprint density at radius 2 is 1.80 bits per heavy atom. The summed E-state index contributed by atoms with van der Waals surface area (Å²) in [7, 11) is 0. The molecule has 210 valence electrons. The highest BCUT2D eigenvalue weighted by Gasteiger charge is 2.28. The first-order valence-corrected chi connectivity index (χ1v) is 14.5. The van der Waals surface area contributed by atoms with Crippen LogP contribution in [0.5, 0.6) is 0 Å². The predicted octanol–water partition coefficient (Wildman–Crippen LogP) is 4.46. The van der Waals surface area contributed by atoms with E-state index >= 15 is 0 Å². The minimum absolute atomic E-state index is 0.108. The Hall–Kier alpha value is -3.88. The molecule has 2 N–H and O–H groups in total. The molecule has 3 aliphatic rings. The summed E-state index contributed by atoms with van der Waals surface area (Å²) < 4.78 is 3.01. The number of anilines is 1. The van der Waals surface area contributed by atoms with Gasteiger partial charge in [-0.15, -0.1) is 0 Å². The summed E-state index contributed by atoms with van der Waals surface area (Å²) in [6.45, 7) is 5.29. The third kappa shape index (κ3) is 5.42. The molecule has 1 aromatic heterocycles. The van der Waals surface area contributed by atoms with Crippen molar-refractivity contribution < 1.29 is 9.59 Å². The molecule has 0 spiro atoms. The van der Waals surface area contributed by atoms with E-state index in [1.165, 1.54) is 23.0 Å². The first-order chi connectivity index (χ1) is 19.3. The van der Waals surface area contributed by atoms with E-state index in [-0.39, 0.29) is 35.3 Å². The third-order valence-electron chi connectivity index (χ3n) is 8.32. The van der Waals surface area contributed by atoms with E-state index in [1.54, 1.807) is 27.7 Å². The van der Waals surface area contributed by atoms with Gasteiger partial charge in [-0.2, -0.15) is 0 Å². The second-order valence-electron chi connectivity index (χ2n) is 11.9. The zero-order valence-electron chi connectivity index (χ0n) is 23.2. The van der Waals surface area contributed by atoms with Crippen molar-refractivity contribution in [2.45, 2.75) is 76.9 Å². The van der Waals surface area contributed by atoms with E-state index in [2.05, 4.69) is 16.7 Å². The lowest BCUT2D eigenvalue weighted by Crippen LogP contribution is -2.50. The lowest BCUT2D eigenvalue weighted by molar-refractivity contribution is 0.0913. The fourth-order valence-corrected chi connectivity index (χ4v) is 5.78. The minimum atomic E-state index is -0.314. The van der Waals surface area contributed by atoms with E-state index in [1.807, 2.05) is 32.0 Å². The van der Waals surface area contributed by atoms with Gasteiger partial charge in [-0.05, 0) is 100 Å². The molecule has 9 nitrogen and oxygen atoms in total. The van der Waals surface area contributed by atoms with E-state index in [0.29, 0.717) is 53.6 Å². The Morgan fingerprint density at radius 1 is 1.00 bits per heavy atom. The number of hydrogen-bond acceptors (Lipinski definition) is 4. The summed E-state index contributed by atoms with van der Waals surface area (Å²) >= 11 is 0. The van der Waals surface area contributed by atoms with Crippen LogP contribution in [-0.2, 0) is 6.54 Å². The van der Waals surface area contributed by atoms with Crippen LogP contribution in [0, 0.1) is 5.92 Å². The number of hydrogen-bond donors (Lipinski definition) is 2. The zero-order chi connectivity index (χ0) is 28.0. The summed E-state index contributed by atoms with van der Waals surface area (Å²) in [5.41, 5.74) is 2.36. The van der Waals surface area contributed by atoms with Crippen LogP contribution in [0.25, 0.3) is 10.9 Å². The molecule has 2 aromatic carbocycles. The highest BCUT2D eigenvalue weighted by Crippen LogP contribution is 2.40. The number of fused-ring (bicyclic) bond motifs is 1. The van der Waals surface area contributed by atoms with Gasteiger partial charge in [-0.1, -0.05) is 12.1 Å². The molecule has 1 unspecified atom stereocenters. The monoisotopic (exact) mass is 543 g/mol. The van der Waals surface area contributed by atoms with Crippen molar-refractivity contribution in [2.24, 2.45) is 5.92 Å². The normalized spacial score (nSPS) is 19.2. The van der Waals surface area contributed by atoms with Crippen LogP contribution < -0.4 is 21.9 Å². The average Bonchev–Trinajstić information content (AvgIpc) is 3.86. The van der Waals surface area contributed by atoms with Crippen LogP contribution in [0.2, 0.25) is 0 Å². The Kier molecular flexibility index (Phi) is 6.98. The molecule has 3 amide bonds. The topological polar surface area (TPSA) is 105 Å². The molecule has 40 heavy (non-hydrogen) atoms. The molecular formula is C31H37N5O4. The number of amides is 3. The summed E-state index contributed by atoms with van der Waals surface area (Å²) in [6.07, 6.45) is 6.02. The van der Waals surface area contributed by atoms with Gasteiger partial charge in [0.2, 0.25) is 0 Å². The molecule has 2 heterocycles. The van der Waals surface area contributed by atoms with Gasteiger partial charge in [0.15, 0.2) is 0 Å². The molecule has 1 atom stereocenters. The van der Waals surface area contributed by atoms with Gasteiger partial charge in [0.05, 0.1) is 10.9 Å². The van der Waals surface area contributed by atoms with Crippen molar-refractivity contribution in [1.82, 2.24) is 19.4 Å². The molecule has 3 fully saturated rings. The molecule has 9 heteroatoms. The maximum Gasteiger partial charge on any atom is 0.331 e. The molecule has 1 aliphatic heterocycles. The van der Waals surface area contributed by atoms with Gasteiger partial charge >= 0.3 is 11.7 Å². The minimum Gasteiger partial charge on any atom is -0.348 e. The van der Waals surface area contributed by atoms with Crippen LogP contribution in [0.1, 0.15) is 80.3 Å². The van der Waals surface area contributed by atoms with Crippen molar-refractivity contribution in [3.8, 4) is 0 Å². The Morgan fingerprint density at radius 3 is 2.52 bits per heavy atom. The van der Waals surface area contributed by atoms with Crippen molar-refractivity contribution in [3.05, 3.63) is 74.4 Å². The molecule has 1 saturated heterocycles. The van der Waals surface area contributed by atoms with Gasteiger partial charge in [0, 0.05) is 43.0 Å². The summed E-state index contributed by atoms with van der Waals surface area (Å²) in [5.74, 6) is 0.847. The average molecular weight is 544 g/mol. The number of likely N-dealkylation sites (tertiary alicyclic amines) is 1. The number of nitrogens with zero attached hydrogens (tertiary/aromatic N) is 3. The quantitative estimate of drug-likeness (QED) is 0.459. The first-order valence-electron chi connectivity index (χ1n) is 14.5. The van der Waals surface area contributed by atoms with Gasteiger partial charge < -0.3 is 15.5 Å². The second kappa shape index (κ2) is 10.6. The van der Waals surface area contributed by atoms with Crippen molar-refractivity contribution in [3.63, 3.8) is 0 Å². The highest BCUT2D eigenvalue weighted by molar-refractivity contribution is 5.95. The van der Waals surface area contributed by atoms with Crippen LogP contribution in [0.4, 0.5) is 10.5 Å². The zero-order valence-corrected chi connectivity index (χ0v) is 23.2. The number of benzene rings is 2. The van der Waals surface area contributed by atoms with Crippen molar-refractivity contribution >= 4 is 28.5 Å². The van der Waals surface area contributed by atoms with Crippen LogP contribution in [0.15, 0.2) is 52.1 Å². The molecule has 0 radical (unpaired) electrons. The maximum absolute atomic E-state index is 13.3. The smallest absolute Gasteiger partial charge is 0.331 e. The number of nitrogens with one attached hydrogen (secondary N) is 2. The molecule has 6 rings (SSSR count). The molecular weight excluding hydrogens is 506 g/mol. The maximum atomic E-state index is 13.3. The number of piperidine rings is 1. The fraction of sp³-hybridized carbons (Fsp3) is 0.484. The largest absolute Gasteiger partial charge is 0.348 e. The summed E-state index contributed by atoms with van der Waals surface area (Å²) in [4.78, 5) is 54.4. The summed E-state index contributed by atoms with van der Waals surface area (Å²) in [5, 5.41) is 6.47. The number of rotatable bonds is 7. The number of carbonyl (C=O) groups is 2. The molecule has 0 bridgehead atoms. The van der Waals surface area contributed by atoms with E-state index in [9.17, 15) is 19.2 Å². The molecule has 2 saturated carbocycles. The molecule has 2 aliphatic carbocycles. The number of aromatic nitrogens is 2. The number of carbonyl (C=O) groups excluding carboxylic acids is 2. The van der Waals surface area contributed by atoms with Gasteiger partial charge in [0.1, 0.15) is 0 Å². The van der Waals surface area contributed by atoms with Gasteiger partial charge in [-0.25, -0.2) is 9.59 Å². The van der Waals surface area contributed by atoms with E-state index in [0.717, 1.165) is 25.7 Å². The summed E-state index contributed by atoms with van der Waals surface area (Å²) in [6, 6.07) is 12.5. The lowest BCUT2D eigenvalue weighted by atomic mass is 10.0. The number of urea groups is 1. The highest BCUT2D eigenvalue weighted by atomic mass is 16.2.